The maximum absolute atomic E-state index is 5.19. The van der Waals surface area contributed by atoms with Crippen LogP contribution in [0, 0.1) is 0 Å². The van der Waals surface area contributed by atoms with Crippen molar-refractivity contribution in [1.82, 2.24) is 9.55 Å². The Morgan fingerprint density at radius 2 is 0.809 bits per heavy atom. The first-order valence-corrected chi connectivity index (χ1v) is 21.4. The van der Waals surface area contributed by atoms with E-state index in [-0.39, 0.29) is 0 Å². The zero-order valence-electron chi connectivity index (χ0n) is 31.9. The molecule has 1 aromatic heterocycles. The summed E-state index contributed by atoms with van der Waals surface area (Å²) in [4.78, 5) is 5.19. The van der Waals surface area contributed by atoms with Crippen molar-refractivity contribution in [2.24, 2.45) is 0 Å². The van der Waals surface area contributed by atoms with Gasteiger partial charge in [-0.1, -0.05) is 218 Å². The van der Waals surface area contributed by atoms with Crippen LogP contribution in [-0.4, -0.2) is 9.55 Å². The quantitative estimate of drug-likeness (QED) is 0.0680. The average Bonchev–Trinajstić information content (AvgIpc) is 3.48. The van der Waals surface area contributed by atoms with Gasteiger partial charge in [-0.15, -0.1) is 0 Å². The first kappa shape index (κ1) is 41.6. The minimum absolute atomic E-state index is 1.10. The molecule has 0 unspecified atom stereocenters. The number of hydrogen-bond donors (Lipinski definition) is 0. The number of aromatic nitrogens is 2. The fourth-order valence-electron chi connectivity index (χ4n) is 7.28. The lowest BCUT2D eigenvalue weighted by Gasteiger charge is -2.08. The van der Waals surface area contributed by atoms with Crippen molar-refractivity contribution in [3.63, 3.8) is 0 Å². The van der Waals surface area contributed by atoms with Crippen LogP contribution in [-0.2, 0) is 25.8 Å². The molecule has 0 amide bonds. The summed E-state index contributed by atoms with van der Waals surface area (Å²) in [5.41, 5.74) is 2.77. The standard InChI is InChI=1S/C45H80N2/c1-3-5-7-9-11-13-15-17-19-20-22-24-26-28-33-40-45-46-44(39-35-38-43-36-31-30-32-37-43)42-47(45)41-34-29-27-25-23-21-18-16-14-12-10-8-6-4-2/h30-32,36-37,42H,3-29,33-35,38-41H2,1-2H3. The van der Waals surface area contributed by atoms with Gasteiger partial charge in [-0.2, -0.15) is 0 Å². The second-order valence-electron chi connectivity index (χ2n) is 15.0. The molecule has 2 nitrogen and oxygen atoms in total. The molecule has 0 bridgehead atoms. The van der Waals surface area contributed by atoms with Gasteiger partial charge in [0.2, 0.25) is 0 Å². The summed E-state index contributed by atoms with van der Waals surface area (Å²) < 4.78 is 2.54. The topological polar surface area (TPSA) is 17.8 Å². The Morgan fingerprint density at radius 3 is 1.26 bits per heavy atom. The molecule has 0 saturated carbocycles. The molecule has 0 aliphatic carbocycles. The van der Waals surface area contributed by atoms with Gasteiger partial charge < -0.3 is 4.57 Å². The molecule has 0 N–H and O–H groups in total. The van der Waals surface area contributed by atoms with Gasteiger partial charge in [0.05, 0.1) is 5.69 Å². The van der Waals surface area contributed by atoms with E-state index < -0.39 is 0 Å². The summed E-state index contributed by atoms with van der Waals surface area (Å²) in [6.07, 6.45) is 48.4. The molecule has 2 heteroatoms. The molecule has 0 fully saturated rings. The summed E-state index contributed by atoms with van der Waals surface area (Å²) in [6, 6.07) is 11.0. The SMILES string of the molecule is CCCCCCCCCCCCCCCCCc1nc(CCCc2ccccc2)cn1CCCCCCCCCCCCCCCC. The van der Waals surface area contributed by atoms with Crippen molar-refractivity contribution >= 4 is 0 Å². The lowest BCUT2D eigenvalue weighted by molar-refractivity contribution is 0.514. The van der Waals surface area contributed by atoms with Crippen molar-refractivity contribution in [3.05, 3.63) is 53.6 Å². The highest BCUT2D eigenvalue weighted by Crippen LogP contribution is 2.17. The molecule has 0 aliphatic rings. The highest BCUT2D eigenvalue weighted by Gasteiger charge is 2.09. The third-order valence-electron chi connectivity index (χ3n) is 10.4. The van der Waals surface area contributed by atoms with Crippen LogP contribution in [0.5, 0.6) is 0 Å². The Balaban J connectivity index is 1.57. The zero-order valence-corrected chi connectivity index (χ0v) is 31.9. The second-order valence-corrected chi connectivity index (χ2v) is 15.0. The van der Waals surface area contributed by atoms with Crippen molar-refractivity contribution in [3.8, 4) is 0 Å². The van der Waals surface area contributed by atoms with E-state index in [1.165, 1.54) is 210 Å². The lowest BCUT2D eigenvalue weighted by atomic mass is 10.0. The fourth-order valence-corrected chi connectivity index (χ4v) is 7.28. The minimum atomic E-state index is 1.10. The summed E-state index contributed by atoms with van der Waals surface area (Å²) in [7, 11) is 0. The monoisotopic (exact) mass is 649 g/mol. The molecular weight excluding hydrogens is 569 g/mol. The van der Waals surface area contributed by atoms with E-state index in [1.54, 1.807) is 0 Å². The highest BCUT2D eigenvalue weighted by atomic mass is 15.1. The highest BCUT2D eigenvalue weighted by molar-refractivity contribution is 5.15. The number of aryl methyl sites for hydroxylation is 4. The molecule has 0 atom stereocenters. The van der Waals surface area contributed by atoms with E-state index in [9.17, 15) is 0 Å². The van der Waals surface area contributed by atoms with Crippen molar-refractivity contribution in [2.75, 3.05) is 0 Å². The van der Waals surface area contributed by atoms with Gasteiger partial charge in [-0.05, 0) is 37.7 Å². The molecule has 0 radical (unpaired) electrons. The van der Waals surface area contributed by atoms with Crippen LogP contribution in [0.4, 0.5) is 0 Å². The number of imidazole rings is 1. The molecule has 1 heterocycles. The van der Waals surface area contributed by atoms with Crippen molar-refractivity contribution in [2.45, 2.75) is 232 Å². The van der Waals surface area contributed by atoms with Crippen LogP contribution in [0.2, 0.25) is 0 Å². The molecule has 0 spiro atoms. The van der Waals surface area contributed by atoms with Crippen LogP contribution in [0.3, 0.4) is 0 Å². The molecule has 2 aromatic rings. The molecule has 270 valence electrons. The molecular formula is C45H80N2. The van der Waals surface area contributed by atoms with Crippen LogP contribution in [0.15, 0.2) is 36.5 Å². The second kappa shape index (κ2) is 31.7. The Bertz CT molecular complexity index is 900. The molecule has 1 aromatic carbocycles. The number of rotatable bonds is 35. The fraction of sp³-hybridized carbons (Fsp3) is 0.800. The van der Waals surface area contributed by atoms with E-state index in [0.29, 0.717) is 0 Å². The Morgan fingerprint density at radius 1 is 0.404 bits per heavy atom. The maximum atomic E-state index is 5.19. The van der Waals surface area contributed by atoms with Gasteiger partial charge in [0.25, 0.3) is 0 Å². The number of unbranched alkanes of at least 4 members (excludes halogenated alkanes) is 27. The predicted molar refractivity (Wildman–Crippen MR) is 210 cm³/mol. The van der Waals surface area contributed by atoms with E-state index in [1.807, 2.05) is 0 Å². The van der Waals surface area contributed by atoms with Gasteiger partial charge in [0, 0.05) is 19.2 Å². The van der Waals surface area contributed by atoms with Gasteiger partial charge in [0.1, 0.15) is 5.82 Å². The smallest absolute Gasteiger partial charge is 0.108 e. The summed E-state index contributed by atoms with van der Waals surface area (Å²) >= 11 is 0. The summed E-state index contributed by atoms with van der Waals surface area (Å²) in [5, 5.41) is 0. The lowest BCUT2D eigenvalue weighted by Crippen LogP contribution is -2.03. The normalized spacial score (nSPS) is 11.5. The molecule has 0 aliphatic heterocycles. The van der Waals surface area contributed by atoms with Gasteiger partial charge in [-0.3, -0.25) is 0 Å². The van der Waals surface area contributed by atoms with E-state index in [0.717, 1.165) is 25.8 Å². The Kier molecular flexibility index (Phi) is 28.0. The van der Waals surface area contributed by atoms with Crippen LogP contribution < -0.4 is 0 Å². The van der Waals surface area contributed by atoms with Crippen LogP contribution >= 0.6 is 0 Å². The van der Waals surface area contributed by atoms with Crippen LogP contribution in [0.1, 0.15) is 224 Å². The Hall–Kier alpha value is -1.57. The van der Waals surface area contributed by atoms with E-state index in [4.69, 9.17) is 4.98 Å². The maximum Gasteiger partial charge on any atom is 0.108 e. The molecule has 47 heavy (non-hydrogen) atoms. The van der Waals surface area contributed by atoms with Crippen molar-refractivity contribution in [1.29, 1.82) is 0 Å². The third kappa shape index (κ3) is 24.3. The third-order valence-corrected chi connectivity index (χ3v) is 10.4. The van der Waals surface area contributed by atoms with Gasteiger partial charge in [-0.25, -0.2) is 4.98 Å². The van der Waals surface area contributed by atoms with Crippen LogP contribution in [0.25, 0.3) is 0 Å². The first-order valence-electron chi connectivity index (χ1n) is 21.4. The van der Waals surface area contributed by atoms with Gasteiger partial charge in [0.15, 0.2) is 0 Å². The average molecular weight is 649 g/mol. The number of nitrogens with zero attached hydrogens (tertiary/aromatic N) is 2. The Labute approximate surface area is 294 Å². The molecule has 2 rings (SSSR count). The largest absolute Gasteiger partial charge is 0.335 e. The van der Waals surface area contributed by atoms with Crippen molar-refractivity contribution < 1.29 is 0 Å². The minimum Gasteiger partial charge on any atom is -0.335 e. The molecule has 0 saturated heterocycles. The van der Waals surface area contributed by atoms with E-state index >= 15 is 0 Å². The number of benzene rings is 1. The summed E-state index contributed by atoms with van der Waals surface area (Å²) in [6.45, 7) is 5.78. The summed E-state index contributed by atoms with van der Waals surface area (Å²) in [5.74, 6) is 1.36. The van der Waals surface area contributed by atoms with Gasteiger partial charge >= 0.3 is 0 Å². The first-order chi connectivity index (χ1) is 23.3. The van der Waals surface area contributed by atoms with E-state index in [2.05, 4.69) is 54.9 Å². The number of hydrogen-bond acceptors (Lipinski definition) is 1. The predicted octanol–water partition coefficient (Wildman–Crippen LogP) is 15.0. The zero-order chi connectivity index (χ0) is 33.3.